The number of hydrogen-bond acceptors (Lipinski definition) is 2. The fourth-order valence-corrected chi connectivity index (χ4v) is 3.97. The standard InChI is InChI=1S/C18H18ClNS/c1-2-7-13-8-3-5-10-15(13)20-12-17-18(19)14-9-4-6-11-16(14)21-17/h3-6,8-11,20H,2,7,12H2,1H3. The summed E-state index contributed by atoms with van der Waals surface area (Å²) in [7, 11) is 0. The summed E-state index contributed by atoms with van der Waals surface area (Å²) in [6.45, 7) is 2.98. The lowest BCUT2D eigenvalue weighted by molar-refractivity contribution is 0.920. The SMILES string of the molecule is CCCc1ccccc1NCc1sc2ccccc2c1Cl. The normalized spacial score (nSPS) is 11.0. The molecule has 0 saturated heterocycles. The highest BCUT2D eigenvalue weighted by molar-refractivity contribution is 7.19. The van der Waals surface area contributed by atoms with Crippen molar-refractivity contribution >= 4 is 38.7 Å². The molecular weight excluding hydrogens is 298 g/mol. The quantitative estimate of drug-likeness (QED) is 0.598. The first kappa shape index (κ1) is 14.4. The summed E-state index contributed by atoms with van der Waals surface area (Å²) in [6, 6.07) is 16.8. The molecule has 0 aliphatic heterocycles. The highest BCUT2D eigenvalue weighted by Crippen LogP contribution is 2.35. The molecule has 3 aromatic rings. The molecule has 0 radical (unpaired) electrons. The maximum atomic E-state index is 6.49. The Labute approximate surface area is 134 Å². The van der Waals surface area contributed by atoms with Crippen molar-refractivity contribution in [1.82, 2.24) is 0 Å². The number of hydrogen-bond donors (Lipinski definition) is 1. The first-order valence-corrected chi connectivity index (χ1v) is 8.46. The zero-order valence-electron chi connectivity index (χ0n) is 12.0. The molecule has 1 heterocycles. The zero-order chi connectivity index (χ0) is 14.7. The summed E-state index contributed by atoms with van der Waals surface area (Å²) in [6.07, 6.45) is 2.26. The molecule has 1 nitrogen and oxygen atoms in total. The van der Waals surface area contributed by atoms with Gasteiger partial charge >= 0.3 is 0 Å². The first-order valence-electron chi connectivity index (χ1n) is 7.27. The van der Waals surface area contributed by atoms with Gasteiger partial charge in [-0.3, -0.25) is 0 Å². The molecule has 0 aliphatic rings. The lowest BCUT2D eigenvalue weighted by Gasteiger charge is -2.10. The molecule has 3 heteroatoms. The molecule has 0 amide bonds. The van der Waals surface area contributed by atoms with E-state index in [0.717, 1.165) is 29.8 Å². The van der Waals surface area contributed by atoms with Gasteiger partial charge in [0.1, 0.15) is 0 Å². The Balaban J connectivity index is 1.82. The largest absolute Gasteiger partial charge is 0.380 e. The van der Waals surface area contributed by atoms with E-state index < -0.39 is 0 Å². The fourth-order valence-electron chi connectivity index (χ4n) is 2.53. The van der Waals surface area contributed by atoms with Crippen LogP contribution in [0.1, 0.15) is 23.8 Å². The molecule has 0 aliphatic carbocycles. The third kappa shape index (κ3) is 3.07. The van der Waals surface area contributed by atoms with Crippen LogP contribution in [0.4, 0.5) is 5.69 Å². The smallest absolute Gasteiger partial charge is 0.0642 e. The van der Waals surface area contributed by atoms with Gasteiger partial charge in [-0.2, -0.15) is 0 Å². The van der Waals surface area contributed by atoms with Crippen molar-refractivity contribution in [2.75, 3.05) is 5.32 Å². The Morgan fingerprint density at radius 3 is 2.62 bits per heavy atom. The molecule has 0 spiro atoms. The monoisotopic (exact) mass is 315 g/mol. The van der Waals surface area contributed by atoms with Gasteiger partial charge in [0.15, 0.2) is 0 Å². The van der Waals surface area contributed by atoms with Crippen molar-refractivity contribution < 1.29 is 0 Å². The van der Waals surface area contributed by atoms with Gasteiger partial charge in [0.25, 0.3) is 0 Å². The lowest BCUT2D eigenvalue weighted by Crippen LogP contribution is -2.01. The number of nitrogens with one attached hydrogen (secondary N) is 1. The second-order valence-electron chi connectivity index (χ2n) is 5.10. The maximum Gasteiger partial charge on any atom is 0.0642 e. The molecule has 0 atom stereocenters. The van der Waals surface area contributed by atoms with Crippen LogP contribution in [0.15, 0.2) is 48.5 Å². The van der Waals surface area contributed by atoms with Gasteiger partial charge in [0, 0.05) is 20.7 Å². The number of aryl methyl sites for hydroxylation is 1. The third-order valence-corrected chi connectivity index (χ3v) is 5.29. The molecule has 0 fully saturated rings. The topological polar surface area (TPSA) is 12.0 Å². The molecular formula is C18H18ClNS. The van der Waals surface area contributed by atoms with E-state index in [1.54, 1.807) is 11.3 Å². The molecule has 0 saturated carbocycles. The van der Waals surface area contributed by atoms with Gasteiger partial charge in [-0.15, -0.1) is 11.3 Å². The van der Waals surface area contributed by atoms with Gasteiger partial charge in [-0.05, 0) is 24.1 Å². The van der Waals surface area contributed by atoms with Crippen LogP contribution in [0.2, 0.25) is 5.02 Å². The highest BCUT2D eigenvalue weighted by Gasteiger charge is 2.10. The Bertz CT molecular complexity index is 748. The number of anilines is 1. The Morgan fingerprint density at radius 2 is 1.81 bits per heavy atom. The molecule has 1 N–H and O–H groups in total. The van der Waals surface area contributed by atoms with Gasteiger partial charge < -0.3 is 5.32 Å². The van der Waals surface area contributed by atoms with Crippen LogP contribution in [-0.4, -0.2) is 0 Å². The van der Waals surface area contributed by atoms with Crippen molar-refractivity contribution in [1.29, 1.82) is 0 Å². The van der Waals surface area contributed by atoms with E-state index in [0.29, 0.717) is 0 Å². The van der Waals surface area contributed by atoms with E-state index >= 15 is 0 Å². The number of para-hydroxylation sites is 1. The minimum atomic E-state index is 0.777. The first-order chi connectivity index (χ1) is 10.3. The molecule has 21 heavy (non-hydrogen) atoms. The predicted octanol–water partition coefficient (Wildman–Crippen LogP) is 6.12. The van der Waals surface area contributed by atoms with E-state index in [9.17, 15) is 0 Å². The van der Waals surface area contributed by atoms with E-state index in [1.165, 1.54) is 20.8 Å². The molecule has 2 aromatic carbocycles. The van der Waals surface area contributed by atoms with E-state index in [4.69, 9.17) is 11.6 Å². The number of rotatable bonds is 5. The Kier molecular flexibility index (Phi) is 4.47. The summed E-state index contributed by atoms with van der Waals surface area (Å²) < 4.78 is 1.25. The molecule has 108 valence electrons. The van der Waals surface area contributed by atoms with Crippen molar-refractivity contribution in [3.05, 3.63) is 64.0 Å². The van der Waals surface area contributed by atoms with E-state index in [1.807, 2.05) is 6.07 Å². The Morgan fingerprint density at radius 1 is 1.05 bits per heavy atom. The average Bonchev–Trinajstić information content (AvgIpc) is 2.84. The highest BCUT2D eigenvalue weighted by atomic mass is 35.5. The average molecular weight is 316 g/mol. The zero-order valence-corrected chi connectivity index (χ0v) is 13.6. The number of fused-ring (bicyclic) bond motifs is 1. The minimum absolute atomic E-state index is 0.777. The maximum absolute atomic E-state index is 6.49. The lowest BCUT2D eigenvalue weighted by atomic mass is 10.1. The van der Waals surface area contributed by atoms with Gasteiger partial charge in [-0.1, -0.05) is 61.3 Å². The van der Waals surface area contributed by atoms with E-state index in [-0.39, 0.29) is 0 Å². The van der Waals surface area contributed by atoms with Gasteiger partial charge in [0.2, 0.25) is 0 Å². The van der Waals surface area contributed by atoms with Crippen LogP contribution in [-0.2, 0) is 13.0 Å². The number of benzene rings is 2. The molecule has 1 aromatic heterocycles. The van der Waals surface area contributed by atoms with Gasteiger partial charge in [-0.25, -0.2) is 0 Å². The second kappa shape index (κ2) is 6.50. The summed E-state index contributed by atoms with van der Waals surface area (Å²) in [5.41, 5.74) is 2.59. The molecule has 0 bridgehead atoms. The predicted molar refractivity (Wildman–Crippen MR) is 94.6 cm³/mol. The van der Waals surface area contributed by atoms with Crippen LogP contribution in [0.25, 0.3) is 10.1 Å². The van der Waals surface area contributed by atoms with Crippen LogP contribution in [0, 0.1) is 0 Å². The minimum Gasteiger partial charge on any atom is -0.380 e. The number of halogens is 1. The summed E-state index contributed by atoms with van der Waals surface area (Å²) in [5, 5.41) is 5.58. The Hall–Kier alpha value is -1.51. The summed E-state index contributed by atoms with van der Waals surface area (Å²) in [5.74, 6) is 0. The van der Waals surface area contributed by atoms with Crippen molar-refractivity contribution in [3.63, 3.8) is 0 Å². The summed E-state index contributed by atoms with van der Waals surface area (Å²) in [4.78, 5) is 1.20. The van der Waals surface area contributed by atoms with Crippen LogP contribution in [0.5, 0.6) is 0 Å². The second-order valence-corrected chi connectivity index (χ2v) is 6.61. The van der Waals surface area contributed by atoms with Crippen LogP contribution in [0.3, 0.4) is 0 Å². The fraction of sp³-hybridized carbons (Fsp3) is 0.222. The van der Waals surface area contributed by atoms with Gasteiger partial charge in [0.05, 0.1) is 11.6 Å². The van der Waals surface area contributed by atoms with Crippen molar-refractivity contribution in [3.8, 4) is 0 Å². The van der Waals surface area contributed by atoms with Crippen molar-refractivity contribution in [2.45, 2.75) is 26.3 Å². The van der Waals surface area contributed by atoms with Crippen molar-refractivity contribution in [2.24, 2.45) is 0 Å². The van der Waals surface area contributed by atoms with Crippen LogP contribution < -0.4 is 5.32 Å². The number of thiophene rings is 1. The third-order valence-electron chi connectivity index (χ3n) is 3.58. The van der Waals surface area contributed by atoms with Crippen LogP contribution >= 0.6 is 22.9 Å². The van der Waals surface area contributed by atoms with E-state index in [2.05, 4.69) is 54.7 Å². The molecule has 0 unspecified atom stereocenters. The molecule has 3 rings (SSSR count). The summed E-state index contributed by atoms with van der Waals surface area (Å²) >= 11 is 8.26.